The molecule has 0 unspecified atom stereocenters. The molecule has 0 fully saturated rings. The van der Waals surface area contributed by atoms with E-state index in [9.17, 15) is 9.59 Å². The highest BCUT2D eigenvalue weighted by Crippen LogP contribution is 2.12. The Labute approximate surface area is 122 Å². The minimum atomic E-state index is -0.377. The molecule has 6 heteroatoms. The number of ether oxygens (including phenoxy) is 1. The molecule has 114 valence electrons. The Morgan fingerprint density at radius 1 is 1.38 bits per heavy atom. The third kappa shape index (κ3) is 3.52. The third-order valence-electron chi connectivity index (χ3n) is 3.47. The van der Waals surface area contributed by atoms with Gasteiger partial charge in [0.2, 0.25) is 0 Å². The van der Waals surface area contributed by atoms with Gasteiger partial charge in [0.1, 0.15) is 0 Å². The Morgan fingerprint density at radius 2 is 2.10 bits per heavy atom. The Morgan fingerprint density at radius 3 is 2.76 bits per heavy atom. The zero-order chi connectivity index (χ0) is 15.4. The van der Waals surface area contributed by atoms with Gasteiger partial charge in [-0.1, -0.05) is 12.1 Å². The van der Waals surface area contributed by atoms with Crippen molar-refractivity contribution in [2.24, 2.45) is 0 Å². The summed E-state index contributed by atoms with van der Waals surface area (Å²) in [6.07, 6.45) is 0. The highest BCUT2D eigenvalue weighted by Gasteiger charge is 2.16. The van der Waals surface area contributed by atoms with Crippen molar-refractivity contribution in [3.05, 3.63) is 34.8 Å². The second-order valence-electron chi connectivity index (χ2n) is 5.13. The maximum Gasteiger partial charge on any atom is 0.419 e. The Balaban J connectivity index is 2.14. The number of oxazole rings is 1. The molecule has 0 saturated heterocycles. The van der Waals surface area contributed by atoms with Gasteiger partial charge in [-0.15, -0.1) is 0 Å². The molecule has 1 aromatic carbocycles. The maximum absolute atomic E-state index is 11.9. The number of esters is 1. The van der Waals surface area contributed by atoms with Crippen molar-refractivity contribution in [3.63, 3.8) is 0 Å². The van der Waals surface area contributed by atoms with E-state index in [1.807, 2.05) is 36.9 Å². The fraction of sp³-hybridized carbons (Fsp3) is 0.467. The van der Waals surface area contributed by atoms with Crippen LogP contribution in [0.15, 0.2) is 33.5 Å². The molecule has 0 bridgehead atoms. The summed E-state index contributed by atoms with van der Waals surface area (Å²) in [4.78, 5) is 25.3. The first kappa shape index (κ1) is 15.3. The lowest BCUT2D eigenvalue weighted by Gasteiger charge is -2.24. The van der Waals surface area contributed by atoms with Crippen molar-refractivity contribution in [1.29, 1.82) is 0 Å². The zero-order valence-corrected chi connectivity index (χ0v) is 12.5. The molecular weight excluding hydrogens is 272 g/mol. The maximum atomic E-state index is 11.9. The van der Waals surface area contributed by atoms with Crippen molar-refractivity contribution in [2.45, 2.75) is 26.4 Å². The van der Waals surface area contributed by atoms with E-state index in [1.54, 1.807) is 10.6 Å². The van der Waals surface area contributed by atoms with Crippen LogP contribution in [-0.4, -0.2) is 41.7 Å². The quantitative estimate of drug-likeness (QED) is 0.755. The molecule has 0 aliphatic carbocycles. The monoisotopic (exact) mass is 292 g/mol. The van der Waals surface area contributed by atoms with Gasteiger partial charge in [0.25, 0.3) is 0 Å². The van der Waals surface area contributed by atoms with Crippen LogP contribution < -0.4 is 5.76 Å². The normalized spacial score (nSPS) is 11.5. The SMILES string of the molecule is COC(=O)CN(CCn1c(=O)oc2ccccc21)C(C)C. The number of methoxy groups -OCH3 is 1. The van der Waals surface area contributed by atoms with Gasteiger partial charge >= 0.3 is 11.7 Å². The Hall–Kier alpha value is -2.08. The summed E-state index contributed by atoms with van der Waals surface area (Å²) in [5.41, 5.74) is 1.34. The van der Waals surface area contributed by atoms with Gasteiger partial charge in [-0.3, -0.25) is 14.3 Å². The fourth-order valence-corrected chi connectivity index (χ4v) is 2.20. The predicted molar refractivity (Wildman–Crippen MR) is 79.2 cm³/mol. The number of rotatable bonds is 6. The molecule has 1 heterocycles. The average Bonchev–Trinajstić information content (AvgIpc) is 2.78. The molecule has 0 amide bonds. The number of hydrogen-bond acceptors (Lipinski definition) is 5. The van der Waals surface area contributed by atoms with Crippen molar-refractivity contribution in [1.82, 2.24) is 9.47 Å². The van der Waals surface area contributed by atoms with E-state index in [0.717, 1.165) is 5.52 Å². The summed E-state index contributed by atoms with van der Waals surface area (Å²) in [7, 11) is 1.37. The molecule has 0 atom stereocenters. The van der Waals surface area contributed by atoms with Crippen LogP contribution in [0.3, 0.4) is 0 Å². The summed E-state index contributed by atoms with van der Waals surface area (Å²) < 4.78 is 11.5. The first-order valence-corrected chi connectivity index (χ1v) is 6.92. The molecule has 2 aromatic rings. The highest BCUT2D eigenvalue weighted by molar-refractivity contribution is 5.72. The molecular formula is C15H20N2O4. The second-order valence-corrected chi connectivity index (χ2v) is 5.13. The van der Waals surface area contributed by atoms with E-state index in [-0.39, 0.29) is 24.3 Å². The lowest BCUT2D eigenvalue weighted by Crippen LogP contribution is -2.39. The largest absolute Gasteiger partial charge is 0.468 e. The minimum Gasteiger partial charge on any atom is -0.468 e. The van der Waals surface area contributed by atoms with E-state index >= 15 is 0 Å². The average molecular weight is 292 g/mol. The second kappa shape index (κ2) is 6.58. The number of carbonyl (C=O) groups excluding carboxylic acids is 1. The molecule has 1 aromatic heterocycles. The van der Waals surface area contributed by atoms with Crippen molar-refractivity contribution in [2.75, 3.05) is 20.2 Å². The van der Waals surface area contributed by atoms with E-state index in [4.69, 9.17) is 9.15 Å². The molecule has 0 saturated carbocycles. The number of hydrogen-bond donors (Lipinski definition) is 0. The molecule has 2 rings (SSSR count). The molecule has 21 heavy (non-hydrogen) atoms. The van der Waals surface area contributed by atoms with Crippen molar-refractivity contribution in [3.8, 4) is 0 Å². The van der Waals surface area contributed by atoms with E-state index < -0.39 is 0 Å². The lowest BCUT2D eigenvalue weighted by molar-refractivity contribution is -0.142. The topological polar surface area (TPSA) is 64.7 Å². The van der Waals surface area contributed by atoms with E-state index in [2.05, 4.69) is 0 Å². The van der Waals surface area contributed by atoms with Crippen LogP contribution in [0, 0.1) is 0 Å². The van der Waals surface area contributed by atoms with Gasteiger partial charge in [-0.25, -0.2) is 4.79 Å². The molecule has 0 aliphatic heterocycles. The van der Waals surface area contributed by atoms with Gasteiger partial charge in [-0.2, -0.15) is 0 Å². The number of aromatic nitrogens is 1. The van der Waals surface area contributed by atoms with Gasteiger partial charge in [0, 0.05) is 19.1 Å². The first-order valence-electron chi connectivity index (χ1n) is 6.92. The number of benzene rings is 1. The van der Waals surface area contributed by atoms with Crippen LogP contribution >= 0.6 is 0 Å². The highest BCUT2D eigenvalue weighted by atomic mass is 16.5. The fourth-order valence-electron chi connectivity index (χ4n) is 2.20. The van der Waals surface area contributed by atoms with Gasteiger partial charge < -0.3 is 9.15 Å². The number of carbonyl (C=O) groups is 1. The summed E-state index contributed by atoms with van der Waals surface area (Å²) in [5, 5.41) is 0. The van der Waals surface area contributed by atoms with E-state index in [0.29, 0.717) is 18.7 Å². The summed E-state index contributed by atoms with van der Waals surface area (Å²) in [6.45, 7) is 5.23. The summed E-state index contributed by atoms with van der Waals surface area (Å²) in [6, 6.07) is 7.48. The minimum absolute atomic E-state index is 0.179. The molecule has 0 radical (unpaired) electrons. The van der Waals surface area contributed by atoms with Crippen LogP contribution in [0.2, 0.25) is 0 Å². The summed E-state index contributed by atoms with van der Waals surface area (Å²) in [5.74, 6) is -0.661. The lowest BCUT2D eigenvalue weighted by atomic mass is 10.3. The standard InChI is InChI=1S/C15H20N2O4/c1-11(2)16(10-14(18)20-3)8-9-17-12-6-4-5-7-13(12)21-15(17)19/h4-7,11H,8-10H2,1-3H3. The van der Waals surface area contributed by atoms with Crippen molar-refractivity contribution >= 4 is 17.1 Å². The van der Waals surface area contributed by atoms with Crippen LogP contribution in [-0.2, 0) is 16.1 Å². The van der Waals surface area contributed by atoms with Gasteiger partial charge in [0.15, 0.2) is 5.58 Å². The van der Waals surface area contributed by atoms with Crippen molar-refractivity contribution < 1.29 is 13.9 Å². The van der Waals surface area contributed by atoms with Crippen LogP contribution in [0.4, 0.5) is 0 Å². The van der Waals surface area contributed by atoms with Crippen LogP contribution in [0.1, 0.15) is 13.8 Å². The summed E-state index contributed by atoms with van der Waals surface area (Å²) >= 11 is 0. The third-order valence-corrected chi connectivity index (χ3v) is 3.47. The number of para-hydroxylation sites is 2. The van der Waals surface area contributed by atoms with Gasteiger partial charge in [0.05, 0.1) is 19.2 Å². The smallest absolute Gasteiger partial charge is 0.419 e. The van der Waals surface area contributed by atoms with E-state index in [1.165, 1.54) is 7.11 Å². The number of nitrogens with zero attached hydrogens (tertiary/aromatic N) is 2. The molecule has 0 aliphatic rings. The van der Waals surface area contributed by atoms with Gasteiger partial charge in [-0.05, 0) is 26.0 Å². The molecule has 0 spiro atoms. The predicted octanol–water partition coefficient (Wildman–Crippen LogP) is 1.48. The Kier molecular flexibility index (Phi) is 4.80. The van der Waals surface area contributed by atoms with Crippen LogP contribution in [0.25, 0.3) is 11.1 Å². The first-order chi connectivity index (χ1) is 10.0. The molecule has 0 N–H and O–H groups in total. The molecule has 6 nitrogen and oxygen atoms in total. The number of fused-ring (bicyclic) bond motifs is 1. The van der Waals surface area contributed by atoms with Crippen LogP contribution in [0.5, 0.6) is 0 Å². The Bertz CT molecular complexity index is 672. The zero-order valence-electron chi connectivity index (χ0n) is 12.5.